The Hall–Kier alpha value is -1.45. The lowest BCUT2D eigenvalue weighted by atomic mass is 10.1. The SMILES string of the molecule is CC(NCc1c(O)cccc1Cl)c1ccco1. The van der Waals surface area contributed by atoms with E-state index in [2.05, 4.69) is 5.32 Å². The van der Waals surface area contributed by atoms with Crippen LogP contribution < -0.4 is 5.32 Å². The van der Waals surface area contributed by atoms with E-state index in [0.29, 0.717) is 17.1 Å². The number of furan rings is 1. The van der Waals surface area contributed by atoms with Crippen LogP contribution in [-0.2, 0) is 6.54 Å². The third-order valence-corrected chi connectivity index (χ3v) is 3.00. The summed E-state index contributed by atoms with van der Waals surface area (Å²) in [5, 5.41) is 13.5. The first-order chi connectivity index (χ1) is 8.18. The molecule has 1 unspecified atom stereocenters. The summed E-state index contributed by atoms with van der Waals surface area (Å²) in [7, 11) is 0. The van der Waals surface area contributed by atoms with Crippen LogP contribution in [0.3, 0.4) is 0 Å². The minimum atomic E-state index is 0.0701. The molecule has 1 aromatic heterocycles. The maximum Gasteiger partial charge on any atom is 0.121 e. The Balaban J connectivity index is 2.03. The molecule has 90 valence electrons. The van der Waals surface area contributed by atoms with E-state index >= 15 is 0 Å². The molecule has 4 heteroatoms. The molecule has 0 amide bonds. The highest BCUT2D eigenvalue weighted by Crippen LogP contribution is 2.25. The number of hydrogen-bond donors (Lipinski definition) is 2. The summed E-state index contributed by atoms with van der Waals surface area (Å²) in [5.74, 6) is 1.06. The Morgan fingerprint density at radius 3 is 2.82 bits per heavy atom. The van der Waals surface area contributed by atoms with Crippen molar-refractivity contribution in [3.8, 4) is 5.75 Å². The second-order valence-corrected chi connectivity index (χ2v) is 4.26. The van der Waals surface area contributed by atoms with Crippen molar-refractivity contribution in [3.05, 3.63) is 52.9 Å². The fourth-order valence-corrected chi connectivity index (χ4v) is 1.85. The molecule has 2 rings (SSSR count). The molecule has 17 heavy (non-hydrogen) atoms. The Labute approximate surface area is 105 Å². The predicted molar refractivity (Wildman–Crippen MR) is 67.1 cm³/mol. The van der Waals surface area contributed by atoms with Gasteiger partial charge in [0, 0.05) is 17.1 Å². The molecule has 0 fully saturated rings. The molecule has 1 atom stereocenters. The van der Waals surface area contributed by atoms with Gasteiger partial charge in [-0.2, -0.15) is 0 Å². The number of phenols is 1. The first-order valence-corrected chi connectivity index (χ1v) is 5.79. The minimum Gasteiger partial charge on any atom is -0.508 e. The molecule has 0 aliphatic carbocycles. The van der Waals surface area contributed by atoms with Gasteiger partial charge in [-0.3, -0.25) is 0 Å². The highest BCUT2D eigenvalue weighted by Gasteiger charge is 2.10. The number of rotatable bonds is 4. The van der Waals surface area contributed by atoms with Gasteiger partial charge >= 0.3 is 0 Å². The average Bonchev–Trinajstić information content (AvgIpc) is 2.81. The van der Waals surface area contributed by atoms with Gasteiger partial charge in [0.15, 0.2) is 0 Å². The second kappa shape index (κ2) is 5.25. The van der Waals surface area contributed by atoms with Crippen molar-refractivity contribution in [2.24, 2.45) is 0 Å². The molecule has 0 bridgehead atoms. The molecule has 1 aromatic carbocycles. The van der Waals surface area contributed by atoms with Crippen LogP contribution in [0.2, 0.25) is 5.02 Å². The van der Waals surface area contributed by atoms with Crippen LogP contribution in [0, 0.1) is 0 Å². The van der Waals surface area contributed by atoms with Crippen molar-refractivity contribution in [1.82, 2.24) is 5.32 Å². The van der Waals surface area contributed by atoms with Crippen LogP contribution in [0.4, 0.5) is 0 Å². The molecular formula is C13H14ClNO2. The van der Waals surface area contributed by atoms with E-state index in [1.165, 1.54) is 0 Å². The summed E-state index contributed by atoms with van der Waals surface area (Å²) < 4.78 is 5.29. The summed E-state index contributed by atoms with van der Waals surface area (Å²) in [5.41, 5.74) is 0.701. The lowest BCUT2D eigenvalue weighted by Gasteiger charge is -2.13. The van der Waals surface area contributed by atoms with Gasteiger partial charge in [-0.1, -0.05) is 17.7 Å². The maximum atomic E-state index is 9.69. The first-order valence-electron chi connectivity index (χ1n) is 5.41. The standard InChI is InChI=1S/C13H14ClNO2/c1-9(13-6-3-7-17-13)15-8-10-11(14)4-2-5-12(10)16/h2-7,9,15-16H,8H2,1H3. The summed E-state index contributed by atoms with van der Waals surface area (Å²) in [6.45, 7) is 2.49. The minimum absolute atomic E-state index is 0.0701. The third-order valence-electron chi connectivity index (χ3n) is 2.65. The molecular weight excluding hydrogens is 238 g/mol. The Kier molecular flexibility index (Phi) is 3.71. The molecule has 0 spiro atoms. The molecule has 0 aliphatic rings. The van der Waals surface area contributed by atoms with E-state index in [1.807, 2.05) is 19.1 Å². The maximum absolute atomic E-state index is 9.69. The fraction of sp³-hybridized carbons (Fsp3) is 0.231. The smallest absolute Gasteiger partial charge is 0.121 e. The van der Waals surface area contributed by atoms with Crippen LogP contribution >= 0.6 is 11.6 Å². The molecule has 0 radical (unpaired) electrons. The normalized spacial score (nSPS) is 12.6. The van der Waals surface area contributed by atoms with E-state index in [-0.39, 0.29) is 11.8 Å². The molecule has 2 aromatic rings. The van der Waals surface area contributed by atoms with E-state index in [9.17, 15) is 5.11 Å². The van der Waals surface area contributed by atoms with Gasteiger partial charge in [-0.25, -0.2) is 0 Å². The Morgan fingerprint density at radius 2 is 2.18 bits per heavy atom. The molecule has 2 N–H and O–H groups in total. The van der Waals surface area contributed by atoms with E-state index in [4.69, 9.17) is 16.0 Å². The number of nitrogens with one attached hydrogen (secondary N) is 1. The van der Waals surface area contributed by atoms with Crippen LogP contribution in [-0.4, -0.2) is 5.11 Å². The predicted octanol–water partition coefficient (Wildman–Crippen LogP) is 3.49. The number of phenolic OH excluding ortho intramolecular Hbond substituents is 1. The number of benzene rings is 1. The van der Waals surface area contributed by atoms with Crippen molar-refractivity contribution >= 4 is 11.6 Å². The van der Waals surface area contributed by atoms with Gasteiger partial charge < -0.3 is 14.8 Å². The van der Waals surface area contributed by atoms with Crippen LogP contribution in [0.25, 0.3) is 0 Å². The highest BCUT2D eigenvalue weighted by molar-refractivity contribution is 6.31. The lowest BCUT2D eigenvalue weighted by Crippen LogP contribution is -2.17. The second-order valence-electron chi connectivity index (χ2n) is 3.86. The molecule has 0 aliphatic heterocycles. The summed E-state index contributed by atoms with van der Waals surface area (Å²) >= 11 is 6.01. The lowest BCUT2D eigenvalue weighted by molar-refractivity contribution is 0.422. The molecule has 0 saturated carbocycles. The zero-order valence-corrected chi connectivity index (χ0v) is 10.2. The van der Waals surface area contributed by atoms with Crippen molar-refractivity contribution in [2.45, 2.75) is 19.5 Å². The first kappa shape index (κ1) is 12.0. The summed E-state index contributed by atoms with van der Waals surface area (Å²) in [6.07, 6.45) is 1.64. The van der Waals surface area contributed by atoms with E-state index < -0.39 is 0 Å². The van der Waals surface area contributed by atoms with Gasteiger partial charge in [0.05, 0.1) is 12.3 Å². The van der Waals surface area contributed by atoms with Crippen LogP contribution in [0.1, 0.15) is 24.3 Å². The molecule has 1 heterocycles. The number of aromatic hydroxyl groups is 1. The van der Waals surface area contributed by atoms with Crippen LogP contribution in [0.5, 0.6) is 5.75 Å². The fourth-order valence-electron chi connectivity index (χ4n) is 1.62. The zero-order chi connectivity index (χ0) is 12.3. The largest absolute Gasteiger partial charge is 0.508 e. The topological polar surface area (TPSA) is 45.4 Å². The zero-order valence-electron chi connectivity index (χ0n) is 9.48. The van der Waals surface area contributed by atoms with Crippen LogP contribution in [0.15, 0.2) is 41.0 Å². The third kappa shape index (κ3) is 2.81. The number of hydrogen-bond acceptors (Lipinski definition) is 3. The van der Waals surface area contributed by atoms with Gasteiger partial charge in [-0.05, 0) is 31.2 Å². The van der Waals surface area contributed by atoms with E-state index in [0.717, 1.165) is 5.76 Å². The van der Waals surface area contributed by atoms with Gasteiger partial charge in [0.1, 0.15) is 11.5 Å². The van der Waals surface area contributed by atoms with Gasteiger partial charge in [0.25, 0.3) is 0 Å². The van der Waals surface area contributed by atoms with Gasteiger partial charge in [0.2, 0.25) is 0 Å². The Bertz CT molecular complexity index is 462. The monoisotopic (exact) mass is 251 g/mol. The molecule has 0 saturated heterocycles. The quantitative estimate of drug-likeness (QED) is 0.874. The van der Waals surface area contributed by atoms with Crippen molar-refractivity contribution in [3.63, 3.8) is 0 Å². The van der Waals surface area contributed by atoms with Gasteiger partial charge in [-0.15, -0.1) is 0 Å². The highest BCUT2D eigenvalue weighted by atomic mass is 35.5. The average molecular weight is 252 g/mol. The summed E-state index contributed by atoms with van der Waals surface area (Å²) in [6, 6.07) is 8.93. The summed E-state index contributed by atoms with van der Waals surface area (Å²) in [4.78, 5) is 0. The number of halogens is 1. The van der Waals surface area contributed by atoms with Crippen molar-refractivity contribution in [1.29, 1.82) is 0 Å². The van der Waals surface area contributed by atoms with Crippen molar-refractivity contribution in [2.75, 3.05) is 0 Å². The van der Waals surface area contributed by atoms with E-state index in [1.54, 1.807) is 24.5 Å². The Morgan fingerprint density at radius 1 is 1.35 bits per heavy atom. The molecule has 3 nitrogen and oxygen atoms in total. The van der Waals surface area contributed by atoms with Crippen molar-refractivity contribution < 1.29 is 9.52 Å².